The molecule has 0 spiro atoms. The molecule has 0 aliphatic carbocycles. The van der Waals surface area contributed by atoms with Crippen LogP contribution in [0.1, 0.15) is 13.8 Å². The van der Waals surface area contributed by atoms with Gasteiger partial charge in [-0.15, -0.1) is 0 Å². The molecule has 1 aromatic rings. The van der Waals surface area contributed by atoms with Crippen LogP contribution in [0, 0.1) is 0 Å². The zero-order valence-corrected chi connectivity index (χ0v) is 13.4. The van der Waals surface area contributed by atoms with Gasteiger partial charge < -0.3 is 9.47 Å². The molecule has 0 aliphatic heterocycles. The normalized spacial score (nSPS) is 12.9. The van der Waals surface area contributed by atoms with Gasteiger partial charge in [-0.25, -0.2) is 13.1 Å². The molecule has 0 heterocycles. The maximum Gasteiger partial charge on any atom is 0.264 e. The Morgan fingerprint density at radius 2 is 2.10 bits per heavy atom. The van der Waals surface area contributed by atoms with Gasteiger partial charge in [0.15, 0.2) is 0 Å². The number of amides is 1. The minimum atomic E-state index is -3.96. The smallest absolute Gasteiger partial charge is 0.264 e. The molecule has 0 aliphatic rings. The van der Waals surface area contributed by atoms with E-state index in [1.165, 1.54) is 25.1 Å². The molecule has 1 aromatic carbocycles. The van der Waals surface area contributed by atoms with Crippen LogP contribution in [0.3, 0.4) is 0 Å². The largest absolute Gasteiger partial charge is 0.379 e. The van der Waals surface area contributed by atoms with Gasteiger partial charge in [0.05, 0.1) is 18.1 Å². The van der Waals surface area contributed by atoms with Crippen LogP contribution in [0.15, 0.2) is 29.2 Å². The van der Waals surface area contributed by atoms with Crippen LogP contribution in [0.4, 0.5) is 0 Å². The van der Waals surface area contributed by atoms with Crippen molar-refractivity contribution in [3.05, 3.63) is 29.3 Å². The van der Waals surface area contributed by atoms with E-state index in [2.05, 4.69) is 0 Å². The average molecular weight is 336 g/mol. The second-order valence-electron chi connectivity index (χ2n) is 4.14. The topological polar surface area (TPSA) is 81.7 Å². The van der Waals surface area contributed by atoms with Gasteiger partial charge in [-0.2, -0.15) is 0 Å². The minimum Gasteiger partial charge on any atom is -0.379 e. The van der Waals surface area contributed by atoms with Crippen molar-refractivity contribution in [3.8, 4) is 0 Å². The molecule has 1 rings (SSSR count). The average Bonchev–Trinajstić information content (AvgIpc) is 2.43. The zero-order chi connectivity index (χ0) is 15.9. The molecule has 6 nitrogen and oxygen atoms in total. The highest BCUT2D eigenvalue weighted by Gasteiger charge is 2.22. The van der Waals surface area contributed by atoms with Crippen molar-refractivity contribution < 1.29 is 22.7 Å². The number of hydrogen-bond donors (Lipinski definition) is 1. The van der Waals surface area contributed by atoms with Crippen molar-refractivity contribution in [2.45, 2.75) is 24.8 Å². The molecule has 0 fully saturated rings. The van der Waals surface area contributed by atoms with E-state index >= 15 is 0 Å². The van der Waals surface area contributed by atoms with Gasteiger partial charge in [-0.1, -0.05) is 17.7 Å². The lowest BCUT2D eigenvalue weighted by atomic mass is 10.4. The van der Waals surface area contributed by atoms with Crippen LogP contribution in [0.5, 0.6) is 0 Å². The molecule has 1 atom stereocenters. The molecule has 0 radical (unpaired) electrons. The van der Waals surface area contributed by atoms with Gasteiger partial charge in [-0.05, 0) is 32.0 Å². The van der Waals surface area contributed by atoms with Crippen molar-refractivity contribution in [3.63, 3.8) is 0 Å². The predicted octanol–water partition coefficient (Wildman–Crippen LogP) is 1.59. The van der Waals surface area contributed by atoms with Crippen molar-refractivity contribution in [2.24, 2.45) is 0 Å². The Morgan fingerprint density at radius 3 is 2.71 bits per heavy atom. The van der Waals surface area contributed by atoms with Crippen LogP contribution >= 0.6 is 11.6 Å². The highest BCUT2D eigenvalue weighted by Crippen LogP contribution is 2.15. The fourth-order valence-electron chi connectivity index (χ4n) is 1.41. The Labute approximate surface area is 129 Å². The second-order valence-corrected chi connectivity index (χ2v) is 6.26. The fourth-order valence-corrected chi connectivity index (χ4v) is 2.76. The summed E-state index contributed by atoms with van der Waals surface area (Å²) in [4.78, 5) is 11.7. The summed E-state index contributed by atoms with van der Waals surface area (Å²) in [7, 11) is -3.96. The fraction of sp³-hybridized carbons (Fsp3) is 0.462. The van der Waals surface area contributed by atoms with Gasteiger partial charge in [-0.3, -0.25) is 4.79 Å². The summed E-state index contributed by atoms with van der Waals surface area (Å²) in [6.45, 7) is 4.41. The molecular weight excluding hydrogens is 318 g/mol. The molecule has 0 aromatic heterocycles. The summed E-state index contributed by atoms with van der Waals surface area (Å²) in [5, 5.41) is 0.270. The van der Waals surface area contributed by atoms with E-state index in [0.717, 1.165) is 0 Å². The Bertz CT molecular complexity index is 576. The van der Waals surface area contributed by atoms with Crippen LogP contribution in [0.25, 0.3) is 0 Å². The molecule has 0 unspecified atom stereocenters. The minimum absolute atomic E-state index is 0.0788. The number of ether oxygens (including phenoxy) is 2. The van der Waals surface area contributed by atoms with Crippen LogP contribution < -0.4 is 4.72 Å². The van der Waals surface area contributed by atoms with E-state index in [9.17, 15) is 13.2 Å². The molecule has 21 heavy (non-hydrogen) atoms. The number of sulfonamides is 1. The van der Waals surface area contributed by atoms with Crippen molar-refractivity contribution in [1.82, 2.24) is 4.72 Å². The standard InChI is InChI=1S/C13H18ClNO5S/c1-3-19-7-8-20-10(2)13(16)15-21(17,18)12-6-4-5-11(14)9-12/h4-6,9-10H,3,7-8H2,1-2H3,(H,15,16)/t10-/m0/s1. The maximum absolute atomic E-state index is 12.0. The molecule has 8 heteroatoms. The van der Waals surface area contributed by atoms with Gasteiger partial charge in [0.1, 0.15) is 6.10 Å². The SMILES string of the molecule is CCOCCO[C@@H](C)C(=O)NS(=O)(=O)c1cccc(Cl)c1. The van der Waals surface area contributed by atoms with E-state index in [1.807, 2.05) is 11.6 Å². The molecule has 0 saturated heterocycles. The lowest BCUT2D eigenvalue weighted by molar-refractivity contribution is -0.130. The Kier molecular flexibility index (Phi) is 7.10. The van der Waals surface area contributed by atoms with Crippen LogP contribution in [-0.2, 0) is 24.3 Å². The molecular formula is C13H18ClNO5S. The van der Waals surface area contributed by atoms with Crippen molar-refractivity contribution in [2.75, 3.05) is 19.8 Å². The Hall–Kier alpha value is -1.15. The van der Waals surface area contributed by atoms with E-state index in [4.69, 9.17) is 21.1 Å². The number of rotatable bonds is 8. The van der Waals surface area contributed by atoms with Gasteiger partial charge in [0.2, 0.25) is 0 Å². The third-order valence-electron chi connectivity index (χ3n) is 2.51. The molecule has 0 bridgehead atoms. The van der Waals surface area contributed by atoms with E-state index in [-0.39, 0.29) is 16.5 Å². The highest BCUT2D eigenvalue weighted by atomic mass is 35.5. The van der Waals surface area contributed by atoms with Gasteiger partial charge >= 0.3 is 0 Å². The van der Waals surface area contributed by atoms with Crippen LogP contribution in [-0.4, -0.2) is 40.2 Å². The molecule has 1 N–H and O–H groups in total. The quantitative estimate of drug-likeness (QED) is 0.729. The third-order valence-corrected chi connectivity index (χ3v) is 4.09. The zero-order valence-electron chi connectivity index (χ0n) is 11.8. The number of carbonyl (C=O) groups is 1. The van der Waals surface area contributed by atoms with Crippen molar-refractivity contribution >= 4 is 27.5 Å². The van der Waals surface area contributed by atoms with Gasteiger partial charge in [0.25, 0.3) is 15.9 Å². The molecule has 1 amide bonds. The van der Waals surface area contributed by atoms with Gasteiger partial charge in [0, 0.05) is 11.6 Å². The summed E-state index contributed by atoms with van der Waals surface area (Å²) in [6, 6.07) is 5.64. The lowest BCUT2D eigenvalue weighted by Gasteiger charge is -2.13. The summed E-state index contributed by atoms with van der Waals surface area (Å²) in [5.74, 6) is -0.744. The first-order chi connectivity index (χ1) is 9.86. The summed E-state index contributed by atoms with van der Waals surface area (Å²) in [6.07, 6.45) is -0.903. The molecule has 0 saturated carbocycles. The first-order valence-electron chi connectivity index (χ1n) is 6.38. The van der Waals surface area contributed by atoms with Crippen molar-refractivity contribution in [1.29, 1.82) is 0 Å². The van der Waals surface area contributed by atoms with E-state index in [0.29, 0.717) is 13.2 Å². The Morgan fingerprint density at radius 1 is 1.38 bits per heavy atom. The second kappa shape index (κ2) is 8.33. The summed E-state index contributed by atoms with van der Waals surface area (Å²) in [5.41, 5.74) is 0. The first kappa shape index (κ1) is 17.9. The van der Waals surface area contributed by atoms with Crippen LogP contribution in [0.2, 0.25) is 5.02 Å². The Balaban J connectivity index is 2.60. The number of nitrogens with one attached hydrogen (secondary N) is 1. The number of hydrogen-bond acceptors (Lipinski definition) is 5. The summed E-state index contributed by atoms with van der Waals surface area (Å²) >= 11 is 5.73. The molecule has 118 valence electrons. The monoisotopic (exact) mass is 335 g/mol. The lowest BCUT2D eigenvalue weighted by Crippen LogP contribution is -2.39. The highest BCUT2D eigenvalue weighted by molar-refractivity contribution is 7.90. The first-order valence-corrected chi connectivity index (χ1v) is 8.24. The number of carbonyl (C=O) groups excluding carboxylic acids is 1. The van der Waals surface area contributed by atoms with E-state index in [1.54, 1.807) is 6.07 Å². The summed E-state index contributed by atoms with van der Waals surface area (Å²) < 4.78 is 36.2. The number of halogens is 1. The number of benzene rings is 1. The maximum atomic E-state index is 12.0. The predicted molar refractivity (Wildman–Crippen MR) is 78.7 cm³/mol. The third kappa shape index (κ3) is 6.01. The van der Waals surface area contributed by atoms with E-state index < -0.39 is 22.0 Å².